The van der Waals surface area contributed by atoms with Gasteiger partial charge in [-0.25, -0.2) is 4.39 Å². The molecule has 17 heavy (non-hydrogen) atoms. The summed E-state index contributed by atoms with van der Waals surface area (Å²) >= 11 is 0.975. The quantitative estimate of drug-likeness (QED) is 0.854. The number of benzene rings is 1. The van der Waals surface area contributed by atoms with E-state index >= 15 is 0 Å². The second kappa shape index (κ2) is 4.46. The average Bonchev–Trinajstić information content (AvgIpc) is 2.70. The highest BCUT2D eigenvalue weighted by Crippen LogP contribution is 2.18. The Morgan fingerprint density at radius 2 is 2.24 bits per heavy atom. The molecule has 0 aliphatic rings. The molecule has 0 unspecified atom stereocenters. The summed E-state index contributed by atoms with van der Waals surface area (Å²) in [5.74, 6) is -0.865. The van der Waals surface area contributed by atoms with E-state index in [1.807, 2.05) is 0 Å². The molecular formula is C10H9FN4OS. The molecule has 1 amide bonds. The summed E-state index contributed by atoms with van der Waals surface area (Å²) in [5.41, 5.74) is 6.54. The van der Waals surface area contributed by atoms with Crippen molar-refractivity contribution in [3.63, 3.8) is 0 Å². The first-order valence-corrected chi connectivity index (χ1v) is 5.54. The van der Waals surface area contributed by atoms with Gasteiger partial charge in [0, 0.05) is 5.69 Å². The van der Waals surface area contributed by atoms with Gasteiger partial charge in [-0.05, 0) is 24.6 Å². The van der Waals surface area contributed by atoms with Gasteiger partial charge in [0.1, 0.15) is 5.82 Å². The predicted octanol–water partition coefficient (Wildman–Crippen LogP) is 1.82. The lowest BCUT2D eigenvalue weighted by Gasteiger charge is -2.06. The van der Waals surface area contributed by atoms with E-state index in [0.29, 0.717) is 5.69 Å². The van der Waals surface area contributed by atoms with Crippen molar-refractivity contribution in [1.82, 2.24) is 10.2 Å². The number of nitrogens with one attached hydrogen (secondary N) is 1. The molecule has 1 aromatic heterocycles. The molecule has 88 valence electrons. The van der Waals surface area contributed by atoms with E-state index in [1.54, 1.807) is 13.0 Å². The summed E-state index contributed by atoms with van der Waals surface area (Å²) in [6.45, 7) is 1.77. The molecule has 7 heteroatoms. The van der Waals surface area contributed by atoms with Gasteiger partial charge in [-0.15, -0.1) is 10.2 Å². The third kappa shape index (κ3) is 2.56. The van der Waals surface area contributed by atoms with Crippen LogP contribution in [0.15, 0.2) is 18.2 Å². The average molecular weight is 252 g/mol. The fourth-order valence-electron chi connectivity index (χ4n) is 1.23. The Kier molecular flexibility index (Phi) is 3.01. The van der Waals surface area contributed by atoms with Gasteiger partial charge in [0.05, 0.1) is 0 Å². The summed E-state index contributed by atoms with van der Waals surface area (Å²) in [7, 11) is 0. The number of nitrogens with two attached hydrogens (primary N) is 1. The van der Waals surface area contributed by atoms with E-state index in [0.717, 1.165) is 16.9 Å². The maximum Gasteiger partial charge on any atom is 0.286 e. The first kappa shape index (κ1) is 11.5. The number of hydrogen-bond acceptors (Lipinski definition) is 5. The molecule has 0 spiro atoms. The molecule has 0 atom stereocenters. The zero-order valence-corrected chi connectivity index (χ0v) is 9.71. The van der Waals surface area contributed by atoms with Crippen molar-refractivity contribution >= 4 is 28.1 Å². The zero-order valence-electron chi connectivity index (χ0n) is 8.90. The minimum atomic E-state index is -0.451. The molecule has 2 aromatic rings. The van der Waals surface area contributed by atoms with Gasteiger partial charge in [0.25, 0.3) is 5.91 Å². The van der Waals surface area contributed by atoms with Crippen LogP contribution < -0.4 is 11.1 Å². The molecule has 0 radical (unpaired) electrons. The number of nitrogen functional groups attached to an aromatic ring is 1. The smallest absolute Gasteiger partial charge is 0.286 e. The standard InChI is InChI=1S/C10H9FN4OS/c1-5-2-3-6(11)4-7(5)13-8(16)9-14-15-10(12)17-9/h2-4H,1H3,(H2,12,15)(H,13,16). The van der Waals surface area contributed by atoms with Crippen molar-refractivity contribution in [3.05, 3.63) is 34.6 Å². The number of nitrogens with zero attached hydrogens (tertiary/aromatic N) is 2. The van der Waals surface area contributed by atoms with E-state index in [2.05, 4.69) is 15.5 Å². The Bertz CT molecular complexity index is 569. The van der Waals surface area contributed by atoms with Crippen LogP contribution in [0.25, 0.3) is 0 Å². The van der Waals surface area contributed by atoms with Gasteiger partial charge < -0.3 is 11.1 Å². The van der Waals surface area contributed by atoms with Crippen molar-refractivity contribution in [2.45, 2.75) is 6.92 Å². The van der Waals surface area contributed by atoms with Gasteiger partial charge in [-0.2, -0.15) is 0 Å². The summed E-state index contributed by atoms with van der Waals surface area (Å²) in [5, 5.41) is 10.0. The Morgan fingerprint density at radius 1 is 1.47 bits per heavy atom. The lowest BCUT2D eigenvalue weighted by atomic mass is 10.2. The molecule has 0 saturated heterocycles. The molecule has 0 bridgehead atoms. The van der Waals surface area contributed by atoms with Gasteiger partial charge in [0.15, 0.2) is 0 Å². The fraction of sp³-hybridized carbons (Fsp3) is 0.100. The van der Waals surface area contributed by atoms with E-state index in [-0.39, 0.29) is 10.1 Å². The van der Waals surface area contributed by atoms with Gasteiger partial charge in [0.2, 0.25) is 10.1 Å². The first-order valence-electron chi connectivity index (χ1n) is 4.73. The van der Waals surface area contributed by atoms with E-state index in [9.17, 15) is 9.18 Å². The van der Waals surface area contributed by atoms with Gasteiger partial charge in [-0.1, -0.05) is 17.4 Å². The van der Waals surface area contributed by atoms with Crippen LogP contribution in [-0.4, -0.2) is 16.1 Å². The highest BCUT2D eigenvalue weighted by Gasteiger charge is 2.13. The van der Waals surface area contributed by atoms with E-state index in [1.165, 1.54) is 12.1 Å². The van der Waals surface area contributed by atoms with Gasteiger partial charge >= 0.3 is 0 Å². The van der Waals surface area contributed by atoms with Crippen LogP contribution >= 0.6 is 11.3 Å². The van der Waals surface area contributed by atoms with Crippen molar-refractivity contribution in [2.24, 2.45) is 0 Å². The van der Waals surface area contributed by atoms with Crippen LogP contribution in [0.3, 0.4) is 0 Å². The molecule has 0 saturated carbocycles. The molecule has 3 N–H and O–H groups in total. The van der Waals surface area contributed by atoms with Crippen LogP contribution in [0, 0.1) is 12.7 Å². The summed E-state index contributed by atoms with van der Waals surface area (Å²) in [6.07, 6.45) is 0. The summed E-state index contributed by atoms with van der Waals surface area (Å²) in [6, 6.07) is 4.16. The number of aromatic nitrogens is 2. The molecule has 1 aromatic carbocycles. The highest BCUT2D eigenvalue weighted by atomic mass is 32.1. The minimum absolute atomic E-state index is 0.145. The summed E-state index contributed by atoms with van der Waals surface area (Å²) in [4.78, 5) is 11.7. The predicted molar refractivity (Wildman–Crippen MR) is 63.4 cm³/mol. The number of amides is 1. The molecule has 0 aliphatic heterocycles. The largest absolute Gasteiger partial charge is 0.374 e. The number of rotatable bonds is 2. The van der Waals surface area contributed by atoms with Crippen molar-refractivity contribution in [1.29, 1.82) is 0 Å². The maximum absolute atomic E-state index is 13.0. The first-order chi connectivity index (χ1) is 8.06. The number of carbonyl (C=O) groups excluding carboxylic acids is 1. The number of carbonyl (C=O) groups is 1. The normalized spacial score (nSPS) is 10.2. The third-order valence-electron chi connectivity index (χ3n) is 2.08. The number of aryl methyl sites for hydroxylation is 1. The number of anilines is 2. The fourth-order valence-corrected chi connectivity index (χ4v) is 1.74. The number of hydrogen-bond donors (Lipinski definition) is 2. The Labute approximate surface area is 100 Å². The van der Waals surface area contributed by atoms with E-state index < -0.39 is 11.7 Å². The SMILES string of the molecule is Cc1ccc(F)cc1NC(=O)c1nnc(N)s1. The second-order valence-corrected chi connectivity index (χ2v) is 4.37. The maximum atomic E-state index is 13.0. The molecule has 0 aliphatic carbocycles. The van der Waals surface area contributed by atoms with Crippen LogP contribution in [0.2, 0.25) is 0 Å². The van der Waals surface area contributed by atoms with Gasteiger partial charge in [-0.3, -0.25) is 4.79 Å². The lowest BCUT2D eigenvalue weighted by molar-refractivity contribution is 0.102. The van der Waals surface area contributed by atoms with Crippen LogP contribution in [0.4, 0.5) is 15.2 Å². The van der Waals surface area contributed by atoms with Crippen LogP contribution in [0.1, 0.15) is 15.4 Å². The van der Waals surface area contributed by atoms with Crippen LogP contribution in [-0.2, 0) is 0 Å². The zero-order chi connectivity index (χ0) is 12.4. The Hall–Kier alpha value is -2.02. The number of halogens is 1. The summed E-state index contributed by atoms with van der Waals surface area (Å²) < 4.78 is 13.0. The Morgan fingerprint density at radius 3 is 2.88 bits per heavy atom. The Balaban J connectivity index is 2.21. The van der Waals surface area contributed by atoms with E-state index in [4.69, 9.17) is 5.73 Å². The molecular weight excluding hydrogens is 243 g/mol. The highest BCUT2D eigenvalue weighted by molar-refractivity contribution is 7.16. The third-order valence-corrected chi connectivity index (χ3v) is 2.83. The lowest BCUT2D eigenvalue weighted by Crippen LogP contribution is -2.12. The minimum Gasteiger partial charge on any atom is -0.374 e. The monoisotopic (exact) mass is 252 g/mol. The topological polar surface area (TPSA) is 80.9 Å². The molecule has 0 fully saturated rings. The second-order valence-electron chi connectivity index (χ2n) is 3.36. The molecule has 5 nitrogen and oxygen atoms in total. The van der Waals surface area contributed by atoms with Crippen molar-refractivity contribution in [2.75, 3.05) is 11.1 Å². The van der Waals surface area contributed by atoms with Crippen LogP contribution in [0.5, 0.6) is 0 Å². The molecule has 1 heterocycles. The molecule has 2 rings (SSSR count). The van der Waals surface area contributed by atoms with Crippen molar-refractivity contribution in [3.8, 4) is 0 Å². The van der Waals surface area contributed by atoms with Crippen molar-refractivity contribution < 1.29 is 9.18 Å².